The third-order valence-electron chi connectivity index (χ3n) is 3.61. The van der Waals surface area contributed by atoms with Crippen LogP contribution >= 0.6 is 0 Å². The maximum atomic E-state index is 12.2. The smallest absolute Gasteiger partial charge is 0.481 e. The number of benzene rings is 1. The molecular formula is C14H16F3NO3. The number of hydrogen-bond donors (Lipinski definition) is 1. The molecule has 1 aromatic carbocycles. The largest absolute Gasteiger partial charge is 0.573 e. The number of rotatable bonds is 4. The number of carboxylic acid groups (broad SMARTS) is 1. The lowest BCUT2D eigenvalue weighted by Gasteiger charge is -2.20. The molecule has 0 bridgehead atoms. The number of ether oxygens (including phenoxy) is 1. The first kappa shape index (κ1) is 15.6. The van der Waals surface area contributed by atoms with Gasteiger partial charge in [-0.05, 0) is 37.6 Å². The highest BCUT2D eigenvalue weighted by atomic mass is 19.4. The zero-order valence-electron chi connectivity index (χ0n) is 11.5. The Bertz CT molecular complexity index is 532. The maximum absolute atomic E-state index is 12.2. The highest BCUT2D eigenvalue weighted by Gasteiger charge is 2.40. The van der Waals surface area contributed by atoms with Crippen molar-refractivity contribution in [3.8, 4) is 5.75 Å². The number of nitrogens with zero attached hydrogens (tertiary/aromatic N) is 1. The average molecular weight is 303 g/mol. The lowest BCUT2D eigenvalue weighted by atomic mass is 9.90. The molecule has 4 nitrogen and oxygen atoms in total. The molecule has 0 unspecified atom stereocenters. The molecule has 0 aromatic heterocycles. The fourth-order valence-electron chi connectivity index (χ4n) is 2.47. The van der Waals surface area contributed by atoms with E-state index in [1.165, 1.54) is 18.2 Å². The first-order valence-electron chi connectivity index (χ1n) is 6.48. The Morgan fingerprint density at radius 1 is 1.48 bits per heavy atom. The van der Waals surface area contributed by atoms with Crippen LogP contribution in [0.15, 0.2) is 24.3 Å². The van der Waals surface area contributed by atoms with Crippen LogP contribution in [0.5, 0.6) is 5.75 Å². The topological polar surface area (TPSA) is 49.8 Å². The number of carboxylic acids is 1. The monoisotopic (exact) mass is 303 g/mol. The summed E-state index contributed by atoms with van der Waals surface area (Å²) in [6, 6.07) is 5.74. The molecular weight excluding hydrogens is 287 g/mol. The van der Waals surface area contributed by atoms with Crippen LogP contribution in [0, 0.1) is 5.41 Å². The van der Waals surface area contributed by atoms with Gasteiger partial charge >= 0.3 is 12.3 Å². The predicted molar refractivity (Wildman–Crippen MR) is 68.8 cm³/mol. The minimum atomic E-state index is -4.71. The van der Waals surface area contributed by atoms with Crippen molar-refractivity contribution in [1.29, 1.82) is 0 Å². The van der Waals surface area contributed by atoms with E-state index in [-0.39, 0.29) is 5.75 Å². The summed E-state index contributed by atoms with van der Waals surface area (Å²) in [4.78, 5) is 13.1. The molecule has 0 radical (unpaired) electrons. The van der Waals surface area contributed by atoms with Gasteiger partial charge in [0.25, 0.3) is 0 Å². The summed E-state index contributed by atoms with van der Waals surface area (Å²) in [5.41, 5.74) is -0.133. The van der Waals surface area contributed by atoms with Crippen LogP contribution in [0.3, 0.4) is 0 Å². The quantitative estimate of drug-likeness (QED) is 0.929. The van der Waals surface area contributed by atoms with Gasteiger partial charge in [-0.3, -0.25) is 9.69 Å². The number of hydrogen-bond acceptors (Lipinski definition) is 3. The third-order valence-corrected chi connectivity index (χ3v) is 3.61. The van der Waals surface area contributed by atoms with Gasteiger partial charge in [-0.15, -0.1) is 13.2 Å². The van der Waals surface area contributed by atoms with Crippen LogP contribution in [-0.4, -0.2) is 35.4 Å². The summed E-state index contributed by atoms with van der Waals surface area (Å²) in [6.45, 7) is 3.07. The Morgan fingerprint density at radius 3 is 2.76 bits per heavy atom. The molecule has 1 atom stereocenters. The summed E-state index contributed by atoms with van der Waals surface area (Å²) in [5, 5.41) is 9.16. The van der Waals surface area contributed by atoms with Crippen molar-refractivity contribution >= 4 is 5.97 Å². The van der Waals surface area contributed by atoms with E-state index in [4.69, 9.17) is 5.11 Å². The second-order valence-electron chi connectivity index (χ2n) is 5.52. The molecule has 1 fully saturated rings. The van der Waals surface area contributed by atoms with Gasteiger partial charge in [0.15, 0.2) is 0 Å². The predicted octanol–water partition coefficient (Wildman–Crippen LogP) is 2.88. The van der Waals surface area contributed by atoms with Gasteiger partial charge in [0.1, 0.15) is 5.75 Å². The zero-order chi connectivity index (χ0) is 15.7. The van der Waals surface area contributed by atoms with Crippen LogP contribution in [0.4, 0.5) is 13.2 Å². The van der Waals surface area contributed by atoms with Crippen LogP contribution in [-0.2, 0) is 11.3 Å². The van der Waals surface area contributed by atoms with E-state index in [1.54, 1.807) is 13.0 Å². The summed E-state index contributed by atoms with van der Waals surface area (Å²) >= 11 is 0. The van der Waals surface area contributed by atoms with E-state index >= 15 is 0 Å². The van der Waals surface area contributed by atoms with E-state index in [0.29, 0.717) is 31.6 Å². The minimum Gasteiger partial charge on any atom is -0.481 e. The summed E-state index contributed by atoms with van der Waals surface area (Å²) in [5.74, 6) is -1.11. The minimum absolute atomic E-state index is 0.264. The molecule has 1 N–H and O–H groups in total. The van der Waals surface area contributed by atoms with Crippen molar-refractivity contribution < 1.29 is 27.8 Å². The number of aliphatic carboxylic acids is 1. The second-order valence-corrected chi connectivity index (χ2v) is 5.52. The second kappa shape index (κ2) is 5.55. The van der Waals surface area contributed by atoms with E-state index in [9.17, 15) is 18.0 Å². The molecule has 1 heterocycles. The van der Waals surface area contributed by atoms with Crippen molar-refractivity contribution in [2.24, 2.45) is 5.41 Å². The zero-order valence-corrected chi connectivity index (χ0v) is 11.5. The van der Waals surface area contributed by atoms with Crippen LogP contribution in [0.25, 0.3) is 0 Å². The van der Waals surface area contributed by atoms with Gasteiger partial charge < -0.3 is 9.84 Å². The Balaban J connectivity index is 2.01. The van der Waals surface area contributed by atoms with Gasteiger partial charge in [-0.2, -0.15) is 0 Å². The Labute approximate surface area is 120 Å². The van der Waals surface area contributed by atoms with Gasteiger partial charge in [0, 0.05) is 13.1 Å². The number of likely N-dealkylation sites (tertiary alicyclic amines) is 1. The molecule has 1 aliphatic rings. The van der Waals surface area contributed by atoms with E-state index < -0.39 is 17.7 Å². The number of alkyl halides is 3. The fraction of sp³-hybridized carbons (Fsp3) is 0.500. The Kier molecular flexibility index (Phi) is 4.13. The molecule has 0 aliphatic carbocycles. The number of carbonyl (C=O) groups is 1. The SMILES string of the molecule is C[C@@]1(C(=O)O)CCN(Cc2cccc(OC(F)(F)F)c2)C1. The van der Waals surface area contributed by atoms with E-state index in [2.05, 4.69) is 4.74 Å². The molecule has 7 heteroatoms. The van der Waals surface area contributed by atoms with Gasteiger partial charge in [-0.1, -0.05) is 12.1 Å². The first-order chi connectivity index (χ1) is 9.68. The standard InChI is InChI=1S/C14H16F3NO3/c1-13(12(19)20)5-6-18(9-13)8-10-3-2-4-11(7-10)21-14(15,16)17/h2-4,7H,5-6,8-9H2,1H3,(H,19,20)/t13-/m1/s1. The highest BCUT2D eigenvalue weighted by Crippen LogP contribution is 2.31. The lowest BCUT2D eigenvalue weighted by molar-refractivity contribution is -0.274. The fourth-order valence-corrected chi connectivity index (χ4v) is 2.47. The van der Waals surface area contributed by atoms with Crippen LogP contribution < -0.4 is 4.74 Å². The van der Waals surface area contributed by atoms with Crippen molar-refractivity contribution in [2.45, 2.75) is 26.3 Å². The summed E-state index contributed by atoms with van der Waals surface area (Å²) in [7, 11) is 0. The maximum Gasteiger partial charge on any atom is 0.573 e. The van der Waals surface area contributed by atoms with E-state index in [1.807, 2.05) is 4.90 Å². The normalized spacial score (nSPS) is 23.2. The van der Waals surface area contributed by atoms with Crippen LogP contribution in [0.2, 0.25) is 0 Å². The van der Waals surface area contributed by atoms with Gasteiger partial charge in [-0.25, -0.2) is 0 Å². The average Bonchev–Trinajstić information content (AvgIpc) is 2.70. The molecule has 1 saturated heterocycles. The molecule has 2 rings (SSSR count). The van der Waals surface area contributed by atoms with Crippen LogP contribution in [0.1, 0.15) is 18.9 Å². The first-order valence-corrected chi connectivity index (χ1v) is 6.48. The summed E-state index contributed by atoms with van der Waals surface area (Å²) < 4.78 is 40.4. The lowest BCUT2D eigenvalue weighted by Crippen LogP contribution is -2.31. The highest BCUT2D eigenvalue weighted by molar-refractivity contribution is 5.74. The molecule has 116 valence electrons. The molecule has 1 aromatic rings. The van der Waals surface area contributed by atoms with Crippen molar-refractivity contribution in [3.63, 3.8) is 0 Å². The Hall–Kier alpha value is -1.76. The van der Waals surface area contributed by atoms with Crippen molar-refractivity contribution in [2.75, 3.05) is 13.1 Å². The number of halogens is 3. The summed E-state index contributed by atoms with van der Waals surface area (Å²) in [6.07, 6.45) is -4.19. The van der Waals surface area contributed by atoms with Crippen molar-refractivity contribution in [3.05, 3.63) is 29.8 Å². The molecule has 0 spiro atoms. The Morgan fingerprint density at radius 2 is 2.19 bits per heavy atom. The molecule has 0 amide bonds. The van der Waals surface area contributed by atoms with Crippen molar-refractivity contribution in [1.82, 2.24) is 4.90 Å². The molecule has 1 aliphatic heterocycles. The van der Waals surface area contributed by atoms with E-state index in [0.717, 1.165) is 0 Å². The van der Waals surface area contributed by atoms with Gasteiger partial charge in [0.05, 0.1) is 5.41 Å². The third kappa shape index (κ3) is 4.10. The molecule has 0 saturated carbocycles. The van der Waals surface area contributed by atoms with Gasteiger partial charge in [0.2, 0.25) is 0 Å². The molecule has 21 heavy (non-hydrogen) atoms.